The topological polar surface area (TPSA) is 93.5 Å². The number of carbonyl (C=O) groups is 3. The number of rotatable bonds is 3. The summed E-state index contributed by atoms with van der Waals surface area (Å²) in [6.45, 7) is 3.95. The molecule has 0 radical (unpaired) electrons. The Hall–Kier alpha value is -3.00. The van der Waals surface area contributed by atoms with Gasteiger partial charge in [-0.15, -0.1) is 0 Å². The van der Waals surface area contributed by atoms with Crippen molar-refractivity contribution in [1.82, 2.24) is 20.0 Å². The molecule has 2 aliphatic rings. The van der Waals surface area contributed by atoms with Gasteiger partial charge in [0.05, 0.1) is 24.6 Å². The highest BCUT2D eigenvalue weighted by molar-refractivity contribution is 6.08. The highest BCUT2D eigenvalue weighted by Crippen LogP contribution is 2.46. The molecule has 4 atom stereocenters. The molecule has 0 unspecified atom stereocenters. The van der Waals surface area contributed by atoms with Gasteiger partial charge in [-0.05, 0) is 42.7 Å². The maximum Gasteiger partial charge on any atom is 0.323 e. The van der Waals surface area contributed by atoms with Crippen LogP contribution in [0, 0.1) is 25.7 Å². The Morgan fingerprint density at radius 1 is 1.18 bits per heavy atom. The Labute approximate surface area is 162 Å². The van der Waals surface area contributed by atoms with Crippen molar-refractivity contribution in [3.05, 3.63) is 47.3 Å². The number of hydrogen-bond acceptors (Lipinski definition) is 6. The molecule has 0 aliphatic carbocycles. The lowest BCUT2D eigenvalue weighted by molar-refractivity contribution is -0.147. The number of imide groups is 1. The van der Waals surface area contributed by atoms with Gasteiger partial charge in [-0.1, -0.05) is 6.07 Å². The van der Waals surface area contributed by atoms with Crippen molar-refractivity contribution in [2.24, 2.45) is 11.8 Å². The number of fused-ring (bicyclic) bond motifs is 1. The van der Waals surface area contributed by atoms with Gasteiger partial charge < -0.3 is 4.74 Å². The molecule has 146 valence electrons. The van der Waals surface area contributed by atoms with Crippen molar-refractivity contribution < 1.29 is 19.1 Å². The molecule has 2 aromatic rings. The average Bonchev–Trinajstić information content (AvgIpc) is 3.36. The van der Waals surface area contributed by atoms with E-state index in [-0.39, 0.29) is 11.8 Å². The lowest BCUT2D eigenvalue weighted by Gasteiger charge is -2.24. The van der Waals surface area contributed by atoms with Gasteiger partial charge in [0.15, 0.2) is 0 Å². The van der Waals surface area contributed by atoms with Crippen LogP contribution in [-0.2, 0) is 19.1 Å². The van der Waals surface area contributed by atoms with Crippen LogP contribution in [0.3, 0.4) is 0 Å². The zero-order chi connectivity index (χ0) is 20.2. The van der Waals surface area contributed by atoms with Crippen molar-refractivity contribution in [3.8, 4) is 5.69 Å². The summed E-state index contributed by atoms with van der Waals surface area (Å²) in [6.07, 6.45) is 3.51. The van der Waals surface area contributed by atoms with Crippen LogP contribution in [0.1, 0.15) is 22.7 Å². The standard InChI is InChI=1S/C20H22N4O4/c1-10-8-11(2)13(12(9-10)24-7-5-6-21-24)16-14-15(17(22-16)20(27)28-4)19(26)23(3)18(14)25/h5-9,14-17,22H,1-4H3/t14-,15+,16-,17-/m1/s1. The van der Waals surface area contributed by atoms with E-state index in [1.807, 2.05) is 38.2 Å². The summed E-state index contributed by atoms with van der Waals surface area (Å²) in [5.41, 5.74) is 3.69. The minimum atomic E-state index is -0.868. The summed E-state index contributed by atoms with van der Waals surface area (Å²) in [6, 6.07) is 4.46. The predicted octanol–water partition coefficient (Wildman–Crippen LogP) is 0.906. The number of methoxy groups -OCH3 is 1. The summed E-state index contributed by atoms with van der Waals surface area (Å²) in [7, 11) is 2.74. The number of hydrogen-bond donors (Lipinski definition) is 1. The molecule has 1 aromatic carbocycles. The minimum Gasteiger partial charge on any atom is -0.468 e. The van der Waals surface area contributed by atoms with Crippen LogP contribution < -0.4 is 5.32 Å². The van der Waals surface area contributed by atoms with Crippen LogP contribution in [-0.4, -0.2) is 52.7 Å². The Bertz CT molecular complexity index is 969. The fourth-order valence-corrected chi connectivity index (χ4v) is 4.53. The molecule has 8 nitrogen and oxygen atoms in total. The van der Waals surface area contributed by atoms with E-state index >= 15 is 0 Å². The number of aryl methyl sites for hydroxylation is 2. The third-order valence-corrected chi connectivity index (χ3v) is 5.72. The fraction of sp³-hybridized carbons (Fsp3) is 0.400. The van der Waals surface area contributed by atoms with Gasteiger partial charge in [0, 0.05) is 25.5 Å². The second-order valence-corrected chi connectivity index (χ2v) is 7.40. The van der Waals surface area contributed by atoms with Crippen LogP contribution in [0.2, 0.25) is 0 Å². The molecule has 28 heavy (non-hydrogen) atoms. The molecule has 8 heteroatoms. The van der Waals surface area contributed by atoms with Gasteiger partial charge in [-0.2, -0.15) is 5.10 Å². The number of carbonyl (C=O) groups excluding carboxylic acids is 3. The van der Waals surface area contributed by atoms with Crippen molar-refractivity contribution in [2.45, 2.75) is 25.9 Å². The zero-order valence-electron chi connectivity index (χ0n) is 16.2. The number of ether oxygens (including phenoxy) is 1. The Kier molecular flexibility index (Phi) is 4.30. The molecule has 0 bridgehead atoms. The van der Waals surface area contributed by atoms with Gasteiger partial charge in [-0.3, -0.25) is 24.6 Å². The highest BCUT2D eigenvalue weighted by atomic mass is 16.5. The van der Waals surface area contributed by atoms with Crippen molar-refractivity contribution >= 4 is 17.8 Å². The molecule has 2 aliphatic heterocycles. The second-order valence-electron chi connectivity index (χ2n) is 7.40. The fourth-order valence-electron chi connectivity index (χ4n) is 4.53. The number of nitrogens with one attached hydrogen (secondary N) is 1. The molecule has 2 saturated heterocycles. The van der Waals surface area contributed by atoms with Crippen LogP contribution in [0.5, 0.6) is 0 Å². The van der Waals surface area contributed by atoms with E-state index in [2.05, 4.69) is 10.4 Å². The predicted molar refractivity (Wildman–Crippen MR) is 99.5 cm³/mol. The number of benzene rings is 1. The van der Waals surface area contributed by atoms with Gasteiger partial charge in [0.1, 0.15) is 6.04 Å². The molecule has 0 saturated carbocycles. The Morgan fingerprint density at radius 3 is 2.54 bits per heavy atom. The number of aromatic nitrogens is 2. The summed E-state index contributed by atoms with van der Waals surface area (Å²) in [4.78, 5) is 39.1. The van der Waals surface area contributed by atoms with E-state index in [0.29, 0.717) is 0 Å². The van der Waals surface area contributed by atoms with Crippen molar-refractivity contribution in [2.75, 3.05) is 14.2 Å². The van der Waals surface area contributed by atoms with Gasteiger partial charge in [0.25, 0.3) is 0 Å². The van der Waals surface area contributed by atoms with E-state index in [4.69, 9.17) is 4.74 Å². The first kappa shape index (κ1) is 18.4. The summed E-state index contributed by atoms with van der Waals surface area (Å²) in [5, 5.41) is 7.56. The maximum atomic E-state index is 12.9. The molecule has 4 rings (SSSR count). The third kappa shape index (κ3) is 2.56. The normalized spacial score (nSPS) is 26.6. The SMILES string of the molecule is COC(=O)[C@@H]1N[C@H](c2c(C)cc(C)cc2-n2cccn2)[C@@H]2C(=O)N(C)C(=O)[C@@H]21. The van der Waals surface area contributed by atoms with E-state index in [1.165, 1.54) is 14.2 Å². The van der Waals surface area contributed by atoms with Gasteiger partial charge >= 0.3 is 5.97 Å². The summed E-state index contributed by atoms with van der Waals surface area (Å²) in [5.74, 6) is -2.63. The maximum absolute atomic E-state index is 12.9. The Morgan fingerprint density at radius 2 is 1.89 bits per heavy atom. The van der Waals surface area contributed by atoms with Crippen LogP contribution >= 0.6 is 0 Å². The van der Waals surface area contributed by atoms with Crippen molar-refractivity contribution in [3.63, 3.8) is 0 Å². The molecular weight excluding hydrogens is 360 g/mol. The van der Waals surface area contributed by atoms with Crippen LogP contribution in [0.15, 0.2) is 30.6 Å². The highest BCUT2D eigenvalue weighted by Gasteiger charge is 2.60. The van der Waals surface area contributed by atoms with Crippen LogP contribution in [0.25, 0.3) is 5.69 Å². The number of esters is 1. The molecule has 2 amide bonds. The largest absolute Gasteiger partial charge is 0.468 e. The van der Waals surface area contributed by atoms with E-state index in [0.717, 1.165) is 27.3 Å². The molecule has 1 N–H and O–H groups in total. The van der Waals surface area contributed by atoms with Gasteiger partial charge in [-0.25, -0.2) is 4.68 Å². The quantitative estimate of drug-likeness (QED) is 0.626. The first-order valence-electron chi connectivity index (χ1n) is 9.11. The molecule has 2 fully saturated rings. The smallest absolute Gasteiger partial charge is 0.323 e. The van der Waals surface area contributed by atoms with E-state index in [9.17, 15) is 14.4 Å². The van der Waals surface area contributed by atoms with Crippen LogP contribution in [0.4, 0.5) is 0 Å². The van der Waals surface area contributed by atoms with E-state index < -0.39 is 29.9 Å². The Balaban J connectivity index is 1.89. The first-order chi connectivity index (χ1) is 13.3. The average molecular weight is 382 g/mol. The monoisotopic (exact) mass is 382 g/mol. The van der Waals surface area contributed by atoms with E-state index in [1.54, 1.807) is 10.9 Å². The molecule has 1 aromatic heterocycles. The van der Waals surface area contributed by atoms with Crippen molar-refractivity contribution in [1.29, 1.82) is 0 Å². The minimum absolute atomic E-state index is 0.287. The molecule has 0 spiro atoms. The lowest BCUT2D eigenvalue weighted by atomic mass is 9.84. The number of amides is 2. The van der Waals surface area contributed by atoms with Gasteiger partial charge in [0.2, 0.25) is 11.8 Å². The zero-order valence-corrected chi connectivity index (χ0v) is 16.2. The summed E-state index contributed by atoms with van der Waals surface area (Å²) >= 11 is 0. The number of likely N-dealkylation sites (tertiary alicyclic amines) is 1. The number of nitrogens with zero attached hydrogens (tertiary/aromatic N) is 3. The first-order valence-corrected chi connectivity index (χ1v) is 9.11. The summed E-state index contributed by atoms with van der Waals surface area (Å²) < 4.78 is 6.63. The molecular formula is C20H22N4O4. The third-order valence-electron chi connectivity index (χ3n) is 5.72. The molecule has 3 heterocycles. The second kappa shape index (κ2) is 6.56. The lowest BCUT2D eigenvalue weighted by Crippen LogP contribution is -2.42.